The van der Waals surface area contributed by atoms with Gasteiger partial charge in [0.1, 0.15) is 0 Å². The second kappa shape index (κ2) is 7.92. The van der Waals surface area contributed by atoms with Gasteiger partial charge in [0, 0.05) is 43.2 Å². The highest BCUT2D eigenvalue weighted by atomic mass is 16.2. The predicted molar refractivity (Wildman–Crippen MR) is 97.5 cm³/mol. The Labute approximate surface area is 148 Å². The lowest BCUT2D eigenvalue weighted by Crippen LogP contribution is -2.27. The smallest absolute Gasteiger partial charge is 0.253 e. The van der Waals surface area contributed by atoms with E-state index in [0.29, 0.717) is 18.4 Å². The predicted octanol–water partition coefficient (Wildman–Crippen LogP) is 3.20. The molecule has 0 unspecified atom stereocenters. The SMILES string of the molecule is Cc1cc(C(=O)N2CCCC2)ccc1NC(=O)CCc1cccnc1. The topological polar surface area (TPSA) is 62.3 Å². The molecular formula is C20H23N3O2. The molecule has 1 aromatic heterocycles. The number of rotatable bonds is 5. The molecule has 1 saturated heterocycles. The van der Waals surface area contributed by atoms with Gasteiger partial charge in [-0.1, -0.05) is 6.07 Å². The zero-order valence-electron chi connectivity index (χ0n) is 14.5. The van der Waals surface area contributed by atoms with Gasteiger partial charge in [-0.3, -0.25) is 14.6 Å². The number of hydrogen-bond donors (Lipinski definition) is 1. The molecule has 5 nitrogen and oxygen atoms in total. The monoisotopic (exact) mass is 337 g/mol. The van der Waals surface area contributed by atoms with Gasteiger partial charge in [-0.15, -0.1) is 0 Å². The molecule has 0 spiro atoms. The summed E-state index contributed by atoms with van der Waals surface area (Å²) in [5, 5.41) is 2.93. The van der Waals surface area contributed by atoms with Gasteiger partial charge in [0.05, 0.1) is 0 Å². The number of amides is 2. The zero-order valence-corrected chi connectivity index (χ0v) is 14.5. The molecular weight excluding hydrogens is 314 g/mol. The molecule has 5 heteroatoms. The van der Waals surface area contributed by atoms with Crippen molar-refractivity contribution in [3.8, 4) is 0 Å². The number of benzene rings is 1. The summed E-state index contributed by atoms with van der Waals surface area (Å²) in [6.45, 7) is 3.59. The molecule has 130 valence electrons. The standard InChI is InChI=1S/C20H23N3O2/c1-15-13-17(20(25)23-11-2-3-12-23)7-8-18(15)22-19(24)9-6-16-5-4-10-21-14-16/h4-5,7-8,10,13-14H,2-3,6,9,11-12H2,1H3,(H,22,24). The van der Waals surface area contributed by atoms with Crippen molar-refractivity contribution in [1.29, 1.82) is 0 Å². The minimum atomic E-state index is -0.0365. The summed E-state index contributed by atoms with van der Waals surface area (Å²) >= 11 is 0. The second-order valence-electron chi connectivity index (χ2n) is 6.44. The average molecular weight is 337 g/mol. The van der Waals surface area contributed by atoms with Gasteiger partial charge < -0.3 is 10.2 Å². The number of hydrogen-bond acceptors (Lipinski definition) is 3. The fourth-order valence-electron chi connectivity index (χ4n) is 3.06. The number of anilines is 1. The normalized spacial score (nSPS) is 13.7. The van der Waals surface area contributed by atoms with E-state index < -0.39 is 0 Å². The van der Waals surface area contributed by atoms with Crippen LogP contribution in [0.5, 0.6) is 0 Å². The van der Waals surface area contributed by atoms with Crippen LogP contribution in [0.1, 0.15) is 40.7 Å². The van der Waals surface area contributed by atoms with Crippen LogP contribution in [0.15, 0.2) is 42.7 Å². The van der Waals surface area contributed by atoms with Gasteiger partial charge in [-0.2, -0.15) is 0 Å². The first-order chi connectivity index (χ1) is 12.1. The summed E-state index contributed by atoms with van der Waals surface area (Å²) in [6.07, 6.45) is 6.71. The number of carbonyl (C=O) groups excluding carboxylic acids is 2. The summed E-state index contributed by atoms with van der Waals surface area (Å²) < 4.78 is 0. The van der Waals surface area contributed by atoms with E-state index in [1.54, 1.807) is 18.5 Å². The van der Waals surface area contributed by atoms with Crippen LogP contribution >= 0.6 is 0 Å². The maximum atomic E-state index is 12.4. The van der Waals surface area contributed by atoms with Crippen molar-refractivity contribution in [3.05, 3.63) is 59.4 Å². The summed E-state index contributed by atoms with van der Waals surface area (Å²) in [5.41, 5.74) is 3.39. The first kappa shape index (κ1) is 17.1. The summed E-state index contributed by atoms with van der Waals surface area (Å²) in [5.74, 6) is 0.0422. The highest BCUT2D eigenvalue weighted by Gasteiger charge is 2.20. The van der Waals surface area contributed by atoms with Crippen molar-refractivity contribution in [1.82, 2.24) is 9.88 Å². The molecule has 2 aromatic rings. The molecule has 2 heterocycles. The van der Waals surface area contributed by atoms with Crippen molar-refractivity contribution >= 4 is 17.5 Å². The molecule has 0 radical (unpaired) electrons. The summed E-state index contributed by atoms with van der Waals surface area (Å²) in [7, 11) is 0. The van der Waals surface area contributed by atoms with E-state index in [0.717, 1.165) is 42.7 Å². The van der Waals surface area contributed by atoms with E-state index in [4.69, 9.17) is 0 Å². The van der Waals surface area contributed by atoms with Crippen molar-refractivity contribution in [3.63, 3.8) is 0 Å². The van der Waals surface area contributed by atoms with E-state index in [2.05, 4.69) is 10.3 Å². The van der Waals surface area contributed by atoms with Crippen LogP contribution in [0.4, 0.5) is 5.69 Å². The van der Waals surface area contributed by atoms with Gasteiger partial charge in [0.15, 0.2) is 0 Å². The van der Waals surface area contributed by atoms with Crippen LogP contribution in [-0.4, -0.2) is 34.8 Å². The third kappa shape index (κ3) is 4.44. The molecule has 2 amide bonds. The Balaban J connectivity index is 1.59. The minimum absolute atomic E-state index is 0.0365. The quantitative estimate of drug-likeness (QED) is 0.911. The van der Waals surface area contributed by atoms with Crippen LogP contribution < -0.4 is 5.32 Å². The van der Waals surface area contributed by atoms with E-state index >= 15 is 0 Å². The van der Waals surface area contributed by atoms with E-state index in [-0.39, 0.29) is 11.8 Å². The van der Waals surface area contributed by atoms with Crippen LogP contribution in [0.25, 0.3) is 0 Å². The van der Waals surface area contributed by atoms with Gasteiger partial charge >= 0.3 is 0 Å². The number of nitrogens with zero attached hydrogens (tertiary/aromatic N) is 2. The number of pyridine rings is 1. The molecule has 1 fully saturated rings. The number of aryl methyl sites for hydroxylation is 2. The molecule has 25 heavy (non-hydrogen) atoms. The fraction of sp³-hybridized carbons (Fsp3) is 0.350. The van der Waals surface area contributed by atoms with Gasteiger partial charge in [-0.25, -0.2) is 0 Å². The molecule has 1 aliphatic heterocycles. The van der Waals surface area contributed by atoms with Crippen LogP contribution in [0, 0.1) is 6.92 Å². The van der Waals surface area contributed by atoms with Crippen LogP contribution in [0.3, 0.4) is 0 Å². The Hall–Kier alpha value is -2.69. The highest BCUT2D eigenvalue weighted by molar-refractivity contribution is 5.96. The van der Waals surface area contributed by atoms with Gasteiger partial charge in [0.25, 0.3) is 5.91 Å². The Morgan fingerprint density at radius 3 is 2.68 bits per heavy atom. The maximum Gasteiger partial charge on any atom is 0.253 e. The Morgan fingerprint density at radius 2 is 2.00 bits per heavy atom. The van der Waals surface area contributed by atoms with Crippen LogP contribution in [-0.2, 0) is 11.2 Å². The zero-order chi connectivity index (χ0) is 17.6. The summed E-state index contributed by atoms with van der Waals surface area (Å²) in [6, 6.07) is 9.31. The molecule has 1 N–H and O–H groups in total. The molecule has 1 aromatic carbocycles. The largest absolute Gasteiger partial charge is 0.339 e. The first-order valence-corrected chi connectivity index (χ1v) is 8.72. The van der Waals surface area contributed by atoms with Crippen LogP contribution in [0.2, 0.25) is 0 Å². The highest BCUT2D eigenvalue weighted by Crippen LogP contribution is 2.20. The third-order valence-corrected chi connectivity index (χ3v) is 4.50. The lowest BCUT2D eigenvalue weighted by Gasteiger charge is -2.16. The maximum absolute atomic E-state index is 12.4. The minimum Gasteiger partial charge on any atom is -0.339 e. The Bertz CT molecular complexity index is 753. The molecule has 1 aliphatic rings. The van der Waals surface area contributed by atoms with Crippen molar-refractivity contribution in [2.75, 3.05) is 18.4 Å². The van der Waals surface area contributed by atoms with E-state index in [9.17, 15) is 9.59 Å². The van der Waals surface area contributed by atoms with E-state index in [1.807, 2.05) is 36.1 Å². The van der Waals surface area contributed by atoms with Gasteiger partial charge in [0.2, 0.25) is 5.91 Å². The fourth-order valence-corrected chi connectivity index (χ4v) is 3.06. The van der Waals surface area contributed by atoms with Gasteiger partial charge in [-0.05, 0) is 61.6 Å². The number of aromatic nitrogens is 1. The average Bonchev–Trinajstić information content (AvgIpc) is 3.16. The lowest BCUT2D eigenvalue weighted by atomic mass is 10.1. The first-order valence-electron chi connectivity index (χ1n) is 8.72. The lowest BCUT2D eigenvalue weighted by molar-refractivity contribution is -0.116. The molecule has 0 aliphatic carbocycles. The molecule has 0 bridgehead atoms. The molecule has 3 rings (SSSR count). The van der Waals surface area contributed by atoms with Crippen molar-refractivity contribution in [2.45, 2.75) is 32.6 Å². The number of nitrogens with one attached hydrogen (secondary N) is 1. The third-order valence-electron chi connectivity index (χ3n) is 4.50. The molecule has 0 atom stereocenters. The molecule has 0 saturated carbocycles. The Morgan fingerprint density at radius 1 is 1.20 bits per heavy atom. The second-order valence-corrected chi connectivity index (χ2v) is 6.44. The Kier molecular flexibility index (Phi) is 5.43. The van der Waals surface area contributed by atoms with E-state index in [1.165, 1.54) is 0 Å². The number of carbonyl (C=O) groups is 2. The number of likely N-dealkylation sites (tertiary alicyclic amines) is 1. The van der Waals surface area contributed by atoms with Crippen molar-refractivity contribution in [2.24, 2.45) is 0 Å². The van der Waals surface area contributed by atoms with Crippen molar-refractivity contribution < 1.29 is 9.59 Å². The summed E-state index contributed by atoms with van der Waals surface area (Å²) in [4.78, 5) is 30.5.